The third-order valence-electron chi connectivity index (χ3n) is 4.33. The van der Waals surface area contributed by atoms with E-state index in [4.69, 9.17) is 4.99 Å². The van der Waals surface area contributed by atoms with Gasteiger partial charge in [0.25, 0.3) is 5.56 Å². The maximum atomic E-state index is 12.8. The molecule has 4 rings (SSSR count). The van der Waals surface area contributed by atoms with Crippen LogP contribution in [0.15, 0.2) is 77.0 Å². The summed E-state index contributed by atoms with van der Waals surface area (Å²) < 4.78 is 3.28. The molecule has 3 aromatic rings. The monoisotopic (exact) mass is 330 g/mol. The van der Waals surface area contributed by atoms with E-state index in [1.165, 1.54) is 0 Å². The average Bonchev–Trinajstić information content (AvgIpc) is 2.88. The zero-order valence-corrected chi connectivity index (χ0v) is 13.9. The number of amidine groups is 1. The summed E-state index contributed by atoms with van der Waals surface area (Å²) in [4.78, 5) is 17.5. The number of fused-ring (bicyclic) bond motifs is 1. The smallest absolute Gasteiger partial charge is 0.272 e. The van der Waals surface area contributed by atoms with Crippen LogP contribution >= 0.6 is 0 Å². The lowest BCUT2D eigenvalue weighted by molar-refractivity contribution is 0.637. The highest BCUT2D eigenvalue weighted by Gasteiger charge is 2.24. The first-order valence-corrected chi connectivity index (χ1v) is 8.10. The van der Waals surface area contributed by atoms with Crippen LogP contribution in [0, 0.1) is 0 Å². The Morgan fingerprint density at radius 3 is 2.36 bits per heavy atom. The van der Waals surface area contributed by atoms with Crippen molar-refractivity contribution in [2.45, 2.75) is 6.42 Å². The van der Waals surface area contributed by atoms with Crippen LogP contribution in [0.1, 0.15) is 16.7 Å². The Morgan fingerprint density at radius 2 is 1.68 bits per heavy atom. The molecule has 0 saturated heterocycles. The maximum Gasteiger partial charge on any atom is 0.272 e. The van der Waals surface area contributed by atoms with Crippen molar-refractivity contribution in [2.24, 2.45) is 12.0 Å². The number of aromatic nitrogens is 2. The van der Waals surface area contributed by atoms with E-state index < -0.39 is 0 Å². The molecule has 0 atom stereocenters. The van der Waals surface area contributed by atoms with Gasteiger partial charge < -0.3 is 5.32 Å². The fraction of sp³-hybridized carbons (Fsp3) is 0.100. The van der Waals surface area contributed by atoms with Crippen LogP contribution in [-0.4, -0.2) is 15.2 Å². The van der Waals surface area contributed by atoms with Gasteiger partial charge in [0, 0.05) is 19.0 Å². The highest BCUT2D eigenvalue weighted by Crippen LogP contribution is 2.26. The molecule has 0 amide bonds. The largest absolute Gasteiger partial charge is 0.325 e. The molecule has 124 valence electrons. The number of nitrogens with zero attached hydrogens (tertiary/aromatic N) is 3. The van der Waals surface area contributed by atoms with E-state index in [-0.39, 0.29) is 5.56 Å². The summed E-state index contributed by atoms with van der Waals surface area (Å²) >= 11 is 0. The SMILES string of the molecule is C=C1NC(c2ccccc2)=Nc2c(Cc3ccccc3)c(=O)n(C)n21. The molecule has 1 aliphatic rings. The molecule has 0 unspecified atom stereocenters. The van der Waals surface area contributed by atoms with Gasteiger partial charge in [0.15, 0.2) is 5.82 Å². The number of benzene rings is 2. The molecule has 0 aliphatic carbocycles. The number of hydrogen-bond acceptors (Lipinski definition) is 3. The van der Waals surface area contributed by atoms with Crippen molar-refractivity contribution < 1.29 is 0 Å². The van der Waals surface area contributed by atoms with Crippen molar-refractivity contribution in [2.75, 3.05) is 0 Å². The molecule has 0 saturated carbocycles. The number of nitrogens with one attached hydrogen (secondary N) is 1. The minimum absolute atomic E-state index is 0.0557. The first kappa shape index (κ1) is 15.2. The summed E-state index contributed by atoms with van der Waals surface area (Å²) in [5, 5.41) is 3.19. The second kappa shape index (κ2) is 5.94. The number of rotatable bonds is 3. The third-order valence-corrected chi connectivity index (χ3v) is 4.33. The second-order valence-electron chi connectivity index (χ2n) is 6.00. The quantitative estimate of drug-likeness (QED) is 0.803. The van der Waals surface area contributed by atoms with E-state index in [0.29, 0.717) is 29.5 Å². The topological polar surface area (TPSA) is 51.3 Å². The summed E-state index contributed by atoms with van der Waals surface area (Å²) in [5.74, 6) is 1.95. The molecule has 2 heterocycles. The van der Waals surface area contributed by atoms with E-state index in [1.54, 1.807) is 16.4 Å². The van der Waals surface area contributed by atoms with Crippen LogP contribution in [0.2, 0.25) is 0 Å². The summed E-state index contributed by atoms with van der Waals surface area (Å²) in [6, 6.07) is 19.8. The summed E-state index contributed by atoms with van der Waals surface area (Å²) in [6.45, 7) is 4.06. The summed E-state index contributed by atoms with van der Waals surface area (Å²) in [6.07, 6.45) is 0.536. The van der Waals surface area contributed by atoms with Crippen molar-refractivity contribution in [3.05, 3.63) is 94.3 Å². The highest BCUT2D eigenvalue weighted by molar-refractivity contribution is 6.04. The Balaban J connectivity index is 1.87. The summed E-state index contributed by atoms with van der Waals surface area (Å²) in [5.41, 5.74) is 2.65. The van der Waals surface area contributed by atoms with Crippen LogP contribution in [0.3, 0.4) is 0 Å². The first-order chi connectivity index (χ1) is 12.1. The lowest BCUT2D eigenvalue weighted by Crippen LogP contribution is -2.32. The van der Waals surface area contributed by atoms with Crippen molar-refractivity contribution in [1.29, 1.82) is 0 Å². The molecule has 0 spiro atoms. The Hall–Kier alpha value is -3.34. The molecule has 2 aromatic carbocycles. The zero-order valence-electron chi connectivity index (χ0n) is 13.9. The fourth-order valence-electron chi connectivity index (χ4n) is 3.09. The molecular formula is C20H18N4O. The van der Waals surface area contributed by atoms with Crippen molar-refractivity contribution >= 4 is 17.5 Å². The van der Waals surface area contributed by atoms with E-state index in [1.807, 2.05) is 60.7 Å². The number of hydrogen-bond donors (Lipinski definition) is 1. The maximum absolute atomic E-state index is 12.8. The van der Waals surface area contributed by atoms with Crippen molar-refractivity contribution in [3.8, 4) is 0 Å². The van der Waals surface area contributed by atoms with Gasteiger partial charge >= 0.3 is 0 Å². The van der Waals surface area contributed by atoms with E-state index in [0.717, 1.165) is 11.1 Å². The number of aliphatic imine (C=N–C) groups is 1. The molecule has 5 nitrogen and oxygen atoms in total. The molecule has 0 fully saturated rings. The lowest BCUT2D eigenvalue weighted by Gasteiger charge is -2.21. The lowest BCUT2D eigenvalue weighted by atomic mass is 10.1. The van der Waals surface area contributed by atoms with Crippen LogP contribution < -0.4 is 10.9 Å². The molecule has 25 heavy (non-hydrogen) atoms. The second-order valence-corrected chi connectivity index (χ2v) is 6.00. The molecule has 1 aliphatic heterocycles. The Kier molecular flexibility index (Phi) is 3.61. The Morgan fingerprint density at radius 1 is 1.04 bits per heavy atom. The molecule has 5 heteroatoms. The van der Waals surface area contributed by atoms with Gasteiger partial charge in [0.1, 0.15) is 11.7 Å². The molecule has 0 radical (unpaired) electrons. The molecule has 1 N–H and O–H groups in total. The van der Waals surface area contributed by atoms with Crippen molar-refractivity contribution in [1.82, 2.24) is 14.7 Å². The zero-order chi connectivity index (χ0) is 17.4. The van der Waals surface area contributed by atoms with Gasteiger partial charge in [-0.1, -0.05) is 67.2 Å². The molecular weight excluding hydrogens is 312 g/mol. The van der Waals surface area contributed by atoms with E-state index >= 15 is 0 Å². The minimum Gasteiger partial charge on any atom is -0.325 e. The van der Waals surface area contributed by atoms with Crippen LogP contribution in [0.4, 0.5) is 5.82 Å². The van der Waals surface area contributed by atoms with Gasteiger partial charge in [-0.2, -0.15) is 0 Å². The summed E-state index contributed by atoms with van der Waals surface area (Å²) in [7, 11) is 1.73. The van der Waals surface area contributed by atoms with Crippen LogP contribution in [0.25, 0.3) is 5.82 Å². The van der Waals surface area contributed by atoms with Gasteiger partial charge in [-0.3, -0.25) is 4.79 Å². The normalized spacial score (nSPS) is 13.2. The fourth-order valence-corrected chi connectivity index (χ4v) is 3.09. The van der Waals surface area contributed by atoms with E-state index in [9.17, 15) is 4.79 Å². The first-order valence-electron chi connectivity index (χ1n) is 8.10. The molecule has 0 bridgehead atoms. The average molecular weight is 330 g/mol. The predicted molar refractivity (Wildman–Crippen MR) is 100 cm³/mol. The minimum atomic E-state index is -0.0557. The van der Waals surface area contributed by atoms with Gasteiger partial charge in [-0.15, -0.1) is 0 Å². The van der Waals surface area contributed by atoms with Crippen LogP contribution in [0.5, 0.6) is 0 Å². The molecule has 1 aromatic heterocycles. The van der Waals surface area contributed by atoms with Crippen LogP contribution in [-0.2, 0) is 13.5 Å². The van der Waals surface area contributed by atoms with Gasteiger partial charge in [0.05, 0.1) is 5.56 Å². The van der Waals surface area contributed by atoms with Gasteiger partial charge in [-0.25, -0.2) is 14.4 Å². The van der Waals surface area contributed by atoms with Gasteiger partial charge in [-0.05, 0) is 5.56 Å². The third kappa shape index (κ3) is 2.59. The predicted octanol–water partition coefficient (Wildman–Crippen LogP) is 2.89. The Bertz CT molecular complexity index is 1030. The van der Waals surface area contributed by atoms with Gasteiger partial charge in [0.2, 0.25) is 0 Å². The Labute approximate surface area is 145 Å². The highest BCUT2D eigenvalue weighted by atomic mass is 16.1. The van der Waals surface area contributed by atoms with Crippen molar-refractivity contribution in [3.63, 3.8) is 0 Å². The standard InChI is InChI=1S/C20H18N4O/c1-14-21-18(16-11-7-4-8-12-16)22-19-17(20(25)23(2)24(14)19)13-15-9-5-3-6-10-15/h3-12H,1,13H2,2H3,(H,21,22). The van der Waals surface area contributed by atoms with E-state index in [2.05, 4.69) is 11.9 Å².